The molecule has 1 saturated heterocycles. The lowest BCUT2D eigenvalue weighted by molar-refractivity contribution is 0.169. The number of hydrogen-bond donors (Lipinski definition) is 2. The molecule has 100 valence electrons. The fourth-order valence-corrected chi connectivity index (χ4v) is 3.41. The number of nitrogens with zero attached hydrogens (tertiary/aromatic N) is 1. The molecule has 2 fully saturated rings. The first-order valence-electron chi connectivity index (χ1n) is 7.46. The molecule has 0 aromatic heterocycles. The van der Waals surface area contributed by atoms with Crippen molar-refractivity contribution in [1.29, 1.82) is 0 Å². The van der Waals surface area contributed by atoms with Crippen molar-refractivity contribution in [2.24, 2.45) is 17.6 Å². The van der Waals surface area contributed by atoms with Gasteiger partial charge in [0.05, 0.1) is 0 Å². The Kier molecular flexibility index (Phi) is 5.26. The predicted molar refractivity (Wildman–Crippen MR) is 73.0 cm³/mol. The van der Waals surface area contributed by atoms with E-state index in [0.717, 1.165) is 19.0 Å². The Bertz CT molecular complexity index is 208. The van der Waals surface area contributed by atoms with Gasteiger partial charge in [0.2, 0.25) is 0 Å². The molecule has 1 aliphatic heterocycles. The standard InChI is InChI=1S/C14H29N3/c1-12(11-17-9-7-16-8-10-17)14(15)13-5-3-2-4-6-13/h12-14,16H,2-11,15H2,1H3. The molecular weight excluding hydrogens is 210 g/mol. The summed E-state index contributed by atoms with van der Waals surface area (Å²) in [7, 11) is 0. The molecule has 0 aromatic rings. The van der Waals surface area contributed by atoms with Crippen molar-refractivity contribution in [3.8, 4) is 0 Å². The molecule has 0 amide bonds. The minimum atomic E-state index is 0.421. The Hall–Kier alpha value is -0.120. The molecule has 3 heteroatoms. The summed E-state index contributed by atoms with van der Waals surface area (Å²) in [5.41, 5.74) is 6.47. The Morgan fingerprint density at radius 3 is 2.47 bits per heavy atom. The molecule has 0 radical (unpaired) electrons. The van der Waals surface area contributed by atoms with Gasteiger partial charge in [0.25, 0.3) is 0 Å². The van der Waals surface area contributed by atoms with E-state index in [0.29, 0.717) is 12.0 Å². The van der Waals surface area contributed by atoms with E-state index in [-0.39, 0.29) is 0 Å². The number of hydrogen-bond acceptors (Lipinski definition) is 3. The average molecular weight is 239 g/mol. The van der Waals surface area contributed by atoms with Crippen LogP contribution in [0.1, 0.15) is 39.0 Å². The van der Waals surface area contributed by atoms with Crippen molar-refractivity contribution >= 4 is 0 Å². The van der Waals surface area contributed by atoms with Gasteiger partial charge in [-0.15, -0.1) is 0 Å². The molecule has 2 rings (SSSR count). The lowest BCUT2D eigenvalue weighted by atomic mass is 9.79. The highest BCUT2D eigenvalue weighted by Gasteiger charge is 2.26. The van der Waals surface area contributed by atoms with Crippen LogP contribution in [-0.4, -0.2) is 43.7 Å². The van der Waals surface area contributed by atoms with Crippen LogP contribution in [0.3, 0.4) is 0 Å². The molecular formula is C14H29N3. The maximum absolute atomic E-state index is 6.47. The van der Waals surface area contributed by atoms with Gasteiger partial charge < -0.3 is 16.0 Å². The van der Waals surface area contributed by atoms with Gasteiger partial charge in [-0.05, 0) is 24.7 Å². The van der Waals surface area contributed by atoms with Crippen molar-refractivity contribution in [3.05, 3.63) is 0 Å². The zero-order valence-electron chi connectivity index (χ0n) is 11.3. The Morgan fingerprint density at radius 1 is 1.18 bits per heavy atom. The van der Waals surface area contributed by atoms with Crippen LogP contribution >= 0.6 is 0 Å². The highest BCUT2D eigenvalue weighted by atomic mass is 15.2. The summed E-state index contributed by atoms with van der Waals surface area (Å²) in [5, 5.41) is 3.41. The van der Waals surface area contributed by atoms with Gasteiger partial charge in [0, 0.05) is 38.8 Å². The molecule has 1 heterocycles. The fourth-order valence-electron chi connectivity index (χ4n) is 3.41. The van der Waals surface area contributed by atoms with Crippen LogP contribution in [0.5, 0.6) is 0 Å². The largest absolute Gasteiger partial charge is 0.327 e. The number of piperazine rings is 1. The predicted octanol–water partition coefficient (Wildman–Crippen LogP) is 1.44. The molecule has 2 atom stereocenters. The molecule has 0 aromatic carbocycles. The molecule has 0 bridgehead atoms. The summed E-state index contributed by atoms with van der Waals surface area (Å²) < 4.78 is 0. The summed E-state index contributed by atoms with van der Waals surface area (Å²) in [6.07, 6.45) is 6.97. The maximum Gasteiger partial charge on any atom is 0.0107 e. The molecule has 2 aliphatic rings. The van der Waals surface area contributed by atoms with E-state index in [4.69, 9.17) is 5.73 Å². The van der Waals surface area contributed by atoms with Gasteiger partial charge in [-0.1, -0.05) is 26.2 Å². The van der Waals surface area contributed by atoms with E-state index in [1.165, 1.54) is 51.7 Å². The summed E-state index contributed by atoms with van der Waals surface area (Å²) >= 11 is 0. The van der Waals surface area contributed by atoms with Crippen LogP contribution < -0.4 is 11.1 Å². The third kappa shape index (κ3) is 3.94. The minimum absolute atomic E-state index is 0.421. The van der Waals surface area contributed by atoms with Crippen molar-refractivity contribution in [3.63, 3.8) is 0 Å². The topological polar surface area (TPSA) is 41.3 Å². The van der Waals surface area contributed by atoms with Crippen molar-refractivity contribution in [1.82, 2.24) is 10.2 Å². The lowest BCUT2D eigenvalue weighted by Gasteiger charge is -2.35. The first kappa shape index (κ1) is 13.3. The number of nitrogens with one attached hydrogen (secondary N) is 1. The van der Waals surface area contributed by atoms with Crippen LogP contribution in [0.4, 0.5) is 0 Å². The second-order valence-electron chi connectivity index (χ2n) is 6.00. The van der Waals surface area contributed by atoms with Crippen LogP contribution in [-0.2, 0) is 0 Å². The van der Waals surface area contributed by atoms with Gasteiger partial charge in [0.15, 0.2) is 0 Å². The Balaban J connectivity index is 1.75. The molecule has 17 heavy (non-hydrogen) atoms. The van der Waals surface area contributed by atoms with Crippen LogP contribution in [0.25, 0.3) is 0 Å². The third-order valence-corrected chi connectivity index (χ3v) is 4.61. The number of nitrogens with two attached hydrogens (primary N) is 1. The summed E-state index contributed by atoms with van der Waals surface area (Å²) in [5.74, 6) is 1.44. The summed E-state index contributed by atoms with van der Waals surface area (Å²) in [6, 6.07) is 0.421. The van der Waals surface area contributed by atoms with Crippen LogP contribution in [0.2, 0.25) is 0 Å². The van der Waals surface area contributed by atoms with Gasteiger partial charge in [-0.25, -0.2) is 0 Å². The highest BCUT2D eigenvalue weighted by molar-refractivity contribution is 4.83. The average Bonchev–Trinajstić information content (AvgIpc) is 2.40. The van der Waals surface area contributed by atoms with Crippen LogP contribution in [0.15, 0.2) is 0 Å². The smallest absolute Gasteiger partial charge is 0.0107 e. The van der Waals surface area contributed by atoms with E-state index < -0.39 is 0 Å². The molecule has 0 spiro atoms. The maximum atomic E-state index is 6.47. The summed E-state index contributed by atoms with van der Waals surface area (Å²) in [4.78, 5) is 2.57. The number of rotatable bonds is 4. The van der Waals surface area contributed by atoms with Gasteiger partial charge in [-0.3, -0.25) is 0 Å². The molecule has 1 aliphatic carbocycles. The van der Waals surface area contributed by atoms with E-state index in [1.54, 1.807) is 0 Å². The molecule has 1 saturated carbocycles. The first-order valence-corrected chi connectivity index (χ1v) is 7.46. The van der Waals surface area contributed by atoms with Gasteiger partial charge >= 0.3 is 0 Å². The van der Waals surface area contributed by atoms with Crippen LogP contribution in [0, 0.1) is 11.8 Å². The third-order valence-electron chi connectivity index (χ3n) is 4.61. The Morgan fingerprint density at radius 2 is 1.82 bits per heavy atom. The quantitative estimate of drug-likeness (QED) is 0.780. The van der Waals surface area contributed by atoms with Crippen molar-refractivity contribution in [2.45, 2.75) is 45.1 Å². The second kappa shape index (κ2) is 6.72. The fraction of sp³-hybridized carbons (Fsp3) is 1.00. The lowest BCUT2D eigenvalue weighted by Crippen LogP contribution is -2.48. The second-order valence-corrected chi connectivity index (χ2v) is 6.00. The SMILES string of the molecule is CC(CN1CCNCC1)C(N)C1CCCCC1. The van der Waals surface area contributed by atoms with Gasteiger partial charge in [0.1, 0.15) is 0 Å². The molecule has 2 unspecified atom stereocenters. The normalized spacial score (nSPS) is 27.9. The zero-order chi connectivity index (χ0) is 12.1. The summed E-state index contributed by atoms with van der Waals surface area (Å²) in [6.45, 7) is 8.22. The molecule has 3 nitrogen and oxygen atoms in total. The highest BCUT2D eigenvalue weighted by Crippen LogP contribution is 2.28. The van der Waals surface area contributed by atoms with Crippen molar-refractivity contribution in [2.75, 3.05) is 32.7 Å². The van der Waals surface area contributed by atoms with E-state index >= 15 is 0 Å². The first-order chi connectivity index (χ1) is 8.27. The van der Waals surface area contributed by atoms with E-state index in [2.05, 4.69) is 17.1 Å². The van der Waals surface area contributed by atoms with E-state index in [9.17, 15) is 0 Å². The van der Waals surface area contributed by atoms with Crippen molar-refractivity contribution < 1.29 is 0 Å². The monoisotopic (exact) mass is 239 g/mol. The minimum Gasteiger partial charge on any atom is -0.327 e. The van der Waals surface area contributed by atoms with Gasteiger partial charge in [-0.2, -0.15) is 0 Å². The zero-order valence-corrected chi connectivity index (χ0v) is 11.3. The molecule has 3 N–H and O–H groups in total. The van der Waals surface area contributed by atoms with E-state index in [1.807, 2.05) is 0 Å². The Labute approximate surface area is 106 Å².